The molecule has 0 radical (unpaired) electrons. The first-order chi connectivity index (χ1) is 10.4. The quantitative estimate of drug-likeness (QED) is 0.587. The van der Waals surface area contributed by atoms with Crippen LogP contribution in [0.2, 0.25) is 0 Å². The van der Waals surface area contributed by atoms with E-state index in [0.29, 0.717) is 19.6 Å². The average molecular weight is 328 g/mol. The van der Waals surface area contributed by atoms with Gasteiger partial charge >= 0.3 is 5.00 Å². The zero-order chi connectivity index (χ0) is 16.1. The van der Waals surface area contributed by atoms with Crippen LogP contribution in [-0.2, 0) is 6.54 Å². The molecule has 1 atom stereocenters. The second-order valence-corrected chi connectivity index (χ2v) is 6.89. The molecular formula is C14H24N4O3S. The number of rotatable bonds is 7. The molecule has 1 aromatic heterocycles. The molecule has 22 heavy (non-hydrogen) atoms. The lowest BCUT2D eigenvalue weighted by Crippen LogP contribution is -2.48. The Hall–Kier alpha value is -1.06. The normalized spacial score (nSPS) is 18.7. The average Bonchev–Trinajstić information content (AvgIpc) is 2.89. The van der Waals surface area contributed by atoms with Crippen LogP contribution in [0.25, 0.3) is 0 Å². The Labute approximate surface area is 134 Å². The van der Waals surface area contributed by atoms with E-state index in [2.05, 4.69) is 16.8 Å². The summed E-state index contributed by atoms with van der Waals surface area (Å²) in [4.78, 5) is 16.9. The Morgan fingerprint density at radius 2 is 2.14 bits per heavy atom. The summed E-state index contributed by atoms with van der Waals surface area (Å²) in [5.41, 5.74) is 0.922. The highest BCUT2D eigenvalue weighted by Gasteiger charge is 2.18. The lowest BCUT2D eigenvalue weighted by atomic mass is 10.2. The van der Waals surface area contributed by atoms with Gasteiger partial charge in [0, 0.05) is 57.3 Å². The minimum absolute atomic E-state index is 0.168. The first-order valence-electron chi connectivity index (χ1n) is 7.43. The van der Waals surface area contributed by atoms with Crippen LogP contribution in [0, 0.1) is 10.1 Å². The molecule has 1 aliphatic rings. The SMILES string of the molecule is CN1CCN(CC(O)CN(C)Cc2csc([N+](=O)[O-])c2)CC1. The minimum atomic E-state index is -0.401. The molecule has 0 amide bonds. The largest absolute Gasteiger partial charge is 0.390 e. The van der Waals surface area contributed by atoms with Gasteiger partial charge in [-0.3, -0.25) is 19.9 Å². The molecule has 7 nitrogen and oxygen atoms in total. The molecule has 2 rings (SSSR count). The Morgan fingerprint density at radius 3 is 2.73 bits per heavy atom. The summed E-state index contributed by atoms with van der Waals surface area (Å²) in [5.74, 6) is 0. The molecule has 0 spiro atoms. The number of hydrogen-bond donors (Lipinski definition) is 1. The van der Waals surface area contributed by atoms with E-state index in [1.807, 2.05) is 17.3 Å². The standard InChI is InChI=1S/C14H24N4O3S/c1-15-3-5-17(6-4-15)10-13(19)9-16(2)8-12-7-14(18(20)21)22-11-12/h7,11,13,19H,3-6,8-10H2,1-2H3. The Morgan fingerprint density at radius 1 is 1.45 bits per heavy atom. The molecule has 2 heterocycles. The van der Waals surface area contributed by atoms with E-state index >= 15 is 0 Å². The summed E-state index contributed by atoms with van der Waals surface area (Å²) >= 11 is 1.15. The molecule has 124 valence electrons. The van der Waals surface area contributed by atoms with Crippen LogP contribution in [0.3, 0.4) is 0 Å². The molecule has 1 aliphatic heterocycles. The van der Waals surface area contributed by atoms with Gasteiger partial charge in [0.25, 0.3) is 0 Å². The van der Waals surface area contributed by atoms with Crippen molar-refractivity contribution in [3.63, 3.8) is 0 Å². The van der Waals surface area contributed by atoms with E-state index < -0.39 is 6.10 Å². The number of hydrogen-bond acceptors (Lipinski definition) is 7. The maximum absolute atomic E-state index is 10.7. The third-order valence-electron chi connectivity index (χ3n) is 3.86. The van der Waals surface area contributed by atoms with Gasteiger partial charge in [-0.05, 0) is 19.7 Å². The van der Waals surface area contributed by atoms with E-state index in [1.165, 1.54) is 0 Å². The summed E-state index contributed by atoms with van der Waals surface area (Å²) < 4.78 is 0. The van der Waals surface area contributed by atoms with Crippen LogP contribution in [0.15, 0.2) is 11.4 Å². The second-order valence-electron chi connectivity index (χ2n) is 6.00. The maximum atomic E-state index is 10.7. The molecule has 0 aliphatic carbocycles. The fourth-order valence-corrected chi connectivity index (χ4v) is 3.38. The van der Waals surface area contributed by atoms with Crippen LogP contribution >= 0.6 is 11.3 Å². The summed E-state index contributed by atoms with van der Waals surface area (Å²) in [5, 5.41) is 22.9. The van der Waals surface area contributed by atoms with E-state index in [0.717, 1.165) is 43.1 Å². The molecule has 8 heteroatoms. The fourth-order valence-electron chi connectivity index (χ4n) is 2.66. The van der Waals surface area contributed by atoms with Crippen LogP contribution < -0.4 is 0 Å². The van der Waals surface area contributed by atoms with Gasteiger partial charge < -0.3 is 10.0 Å². The van der Waals surface area contributed by atoms with Crippen molar-refractivity contribution in [1.29, 1.82) is 0 Å². The summed E-state index contributed by atoms with van der Waals surface area (Å²) in [6, 6.07) is 1.61. The van der Waals surface area contributed by atoms with Gasteiger partial charge in [0.15, 0.2) is 0 Å². The van der Waals surface area contributed by atoms with Gasteiger partial charge in [0.05, 0.1) is 11.0 Å². The van der Waals surface area contributed by atoms with Gasteiger partial charge in [-0.2, -0.15) is 0 Å². The minimum Gasteiger partial charge on any atom is -0.390 e. The molecule has 1 aromatic rings. The van der Waals surface area contributed by atoms with Gasteiger partial charge in [-0.25, -0.2) is 0 Å². The molecule has 1 saturated heterocycles. The second kappa shape index (κ2) is 7.98. The number of nitro groups is 1. The van der Waals surface area contributed by atoms with Crippen molar-refractivity contribution < 1.29 is 10.0 Å². The number of piperazine rings is 1. The monoisotopic (exact) mass is 328 g/mol. The Bertz CT molecular complexity index is 488. The fraction of sp³-hybridized carbons (Fsp3) is 0.714. The van der Waals surface area contributed by atoms with E-state index in [-0.39, 0.29) is 9.92 Å². The van der Waals surface area contributed by atoms with Crippen molar-refractivity contribution in [1.82, 2.24) is 14.7 Å². The third kappa shape index (κ3) is 5.29. The predicted octanol–water partition coefficient (Wildman–Crippen LogP) is 0.696. The van der Waals surface area contributed by atoms with Crippen molar-refractivity contribution in [3.8, 4) is 0 Å². The zero-order valence-corrected chi connectivity index (χ0v) is 14.0. The molecule has 0 bridgehead atoms. The predicted molar refractivity (Wildman–Crippen MR) is 87.3 cm³/mol. The summed E-state index contributed by atoms with van der Waals surface area (Å²) in [7, 11) is 4.04. The van der Waals surface area contributed by atoms with E-state index in [9.17, 15) is 15.2 Å². The Kier molecular flexibility index (Phi) is 6.27. The topological polar surface area (TPSA) is 73.1 Å². The number of β-amino-alcohol motifs (C(OH)–C–C–N with tert-alkyl or cyclic N) is 1. The third-order valence-corrected chi connectivity index (χ3v) is 4.79. The lowest BCUT2D eigenvalue weighted by Gasteiger charge is -2.34. The highest BCUT2D eigenvalue weighted by molar-refractivity contribution is 7.13. The number of aliphatic hydroxyl groups is 1. The highest BCUT2D eigenvalue weighted by atomic mass is 32.1. The van der Waals surface area contributed by atoms with Gasteiger partial charge in [-0.15, -0.1) is 0 Å². The molecular weight excluding hydrogens is 304 g/mol. The number of likely N-dealkylation sites (N-methyl/N-ethyl adjacent to an activating group) is 2. The first-order valence-corrected chi connectivity index (χ1v) is 8.31. The molecule has 0 saturated carbocycles. The molecule has 0 aromatic carbocycles. The Balaban J connectivity index is 1.73. The lowest BCUT2D eigenvalue weighted by molar-refractivity contribution is -0.380. The van der Waals surface area contributed by atoms with E-state index in [1.54, 1.807) is 6.07 Å². The number of aliphatic hydroxyl groups excluding tert-OH is 1. The number of nitrogens with zero attached hydrogens (tertiary/aromatic N) is 4. The van der Waals surface area contributed by atoms with Crippen LogP contribution in [0.4, 0.5) is 5.00 Å². The van der Waals surface area contributed by atoms with Gasteiger partial charge in [0.1, 0.15) is 0 Å². The summed E-state index contributed by atoms with van der Waals surface area (Å²) in [6.07, 6.45) is -0.401. The van der Waals surface area contributed by atoms with Crippen molar-refractivity contribution in [2.75, 3.05) is 53.4 Å². The number of thiophene rings is 1. The van der Waals surface area contributed by atoms with Crippen molar-refractivity contribution in [2.24, 2.45) is 0 Å². The van der Waals surface area contributed by atoms with E-state index in [4.69, 9.17) is 0 Å². The molecule has 1 fully saturated rings. The first kappa shape index (κ1) is 17.3. The van der Waals surface area contributed by atoms with Crippen molar-refractivity contribution >= 4 is 16.3 Å². The smallest absolute Gasteiger partial charge is 0.324 e. The van der Waals surface area contributed by atoms with Gasteiger partial charge in [-0.1, -0.05) is 11.3 Å². The summed E-state index contributed by atoms with van der Waals surface area (Å²) in [6.45, 7) is 5.94. The van der Waals surface area contributed by atoms with Crippen molar-refractivity contribution in [2.45, 2.75) is 12.6 Å². The van der Waals surface area contributed by atoms with Crippen molar-refractivity contribution in [3.05, 3.63) is 27.1 Å². The van der Waals surface area contributed by atoms with Gasteiger partial charge in [0.2, 0.25) is 0 Å². The van der Waals surface area contributed by atoms with Crippen LogP contribution in [0.1, 0.15) is 5.56 Å². The zero-order valence-electron chi connectivity index (χ0n) is 13.1. The van der Waals surface area contributed by atoms with Crippen LogP contribution in [0.5, 0.6) is 0 Å². The maximum Gasteiger partial charge on any atom is 0.324 e. The highest BCUT2D eigenvalue weighted by Crippen LogP contribution is 2.23. The molecule has 1 unspecified atom stereocenters. The molecule has 1 N–H and O–H groups in total. The van der Waals surface area contributed by atoms with Crippen LogP contribution in [-0.4, -0.2) is 84.2 Å².